The van der Waals surface area contributed by atoms with Gasteiger partial charge in [0, 0.05) is 15.8 Å². The summed E-state index contributed by atoms with van der Waals surface area (Å²) in [7, 11) is 0. The normalized spacial score (nSPS) is 18.9. The predicted molar refractivity (Wildman–Crippen MR) is 67.6 cm³/mol. The van der Waals surface area contributed by atoms with Crippen LogP contribution in [0.25, 0.3) is 0 Å². The number of hydrogen-bond donors (Lipinski definition) is 1. The van der Waals surface area contributed by atoms with Gasteiger partial charge >= 0.3 is 0 Å². The first-order valence-electron chi connectivity index (χ1n) is 5.97. The molecule has 0 spiro atoms. The van der Waals surface area contributed by atoms with Crippen molar-refractivity contribution in [2.45, 2.75) is 46.1 Å². The molecular formula is C13H21NS. The van der Waals surface area contributed by atoms with Gasteiger partial charge in [-0.15, -0.1) is 11.3 Å². The Morgan fingerprint density at radius 2 is 2.20 bits per heavy atom. The van der Waals surface area contributed by atoms with Crippen LogP contribution in [-0.2, 0) is 0 Å². The minimum Gasteiger partial charge on any atom is -0.310 e. The molecule has 1 aromatic rings. The number of rotatable bonds is 4. The maximum Gasteiger partial charge on any atom is 0.0302 e. The van der Waals surface area contributed by atoms with Gasteiger partial charge in [0.1, 0.15) is 0 Å². The monoisotopic (exact) mass is 223 g/mol. The molecule has 1 N–H and O–H groups in total. The highest BCUT2D eigenvalue weighted by Crippen LogP contribution is 2.28. The minimum atomic E-state index is 0.524. The largest absolute Gasteiger partial charge is 0.310 e. The lowest BCUT2D eigenvalue weighted by Crippen LogP contribution is -2.29. The molecule has 15 heavy (non-hydrogen) atoms. The Hall–Kier alpha value is -0.340. The van der Waals surface area contributed by atoms with Gasteiger partial charge in [-0.2, -0.15) is 0 Å². The fourth-order valence-corrected chi connectivity index (χ4v) is 3.25. The smallest absolute Gasteiger partial charge is 0.0302 e. The Morgan fingerprint density at radius 1 is 1.47 bits per heavy atom. The molecule has 2 heteroatoms. The van der Waals surface area contributed by atoms with Gasteiger partial charge in [-0.05, 0) is 57.7 Å². The summed E-state index contributed by atoms with van der Waals surface area (Å²) < 4.78 is 0. The van der Waals surface area contributed by atoms with E-state index >= 15 is 0 Å². The molecule has 1 aromatic heterocycles. The van der Waals surface area contributed by atoms with E-state index in [1.165, 1.54) is 41.1 Å². The third kappa shape index (κ3) is 2.61. The van der Waals surface area contributed by atoms with Gasteiger partial charge in [0.15, 0.2) is 0 Å². The van der Waals surface area contributed by atoms with Crippen LogP contribution in [0.2, 0.25) is 0 Å². The van der Waals surface area contributed by atoms with Gasteiger partial charge in [-0.1, -0.05) is 6.42 Å². The summed E-state index contributed by atoms with van der Waals surface area (Å²) in [6.45, 7) is 7.91. The summed E-state index contributed by atoms with van der Waals surface area (Å²) in [5.41, 5.74) is 1.50. The van der Waals surface area contributed by atoms with Gasteiger partial charge in [-0.25, -0.2) is 0 Å². The Morgan fingerprint density at radius 3 is 2.67 bits per heavy atom. The van der Waals surface area contributed by atoms with Gasteiger partial charge in [0.2, 0.25) is 0 Å². The zero-order valence-corrected chi connectivity index (χ0v) is 10.8. The molecule has 0 bridgehead atoms. The summed E-state index contributed by atoms with van der Waals surface area (Å²) in [6.07, 6.45) is 4.31. The molecule has 0 saturated heterocycles. The van der Waals surface area contributed by atoms with Crippen molar-refractivity contribution in [3.05, 3.63) is 21.4 Å². The quantitative estimate of drug-likeness (QED) is 0.818. The molecular weight excluding hydrogens is 202 g/mol. The summed E-state index contributed by atoms with van der Waals surface area (Å²) in [5.74, 6) is 0.951. The maximum absolute atomic E-state index is 3.66. The first-order valence-corrected chi connectivity index (χ1v) is 6.79. The van der Waals surface area contributed by atoms with E-state index in [1.54, 1.807) is 0 Å². The van der Waals surface area contributed by atoms with Crippen LogP contribution in [0.3, 0.4) is 0 Å². The van der Waals surface area contributed by atoms with E-state index in [1.807, 2.05) is 11.3 Å². The van der Waals surface area contributed by atoms with E-state index in [-0.39, 0.29) is 0 Å². The average Bonchev–Trinajstić information content (AvgIpc) is 2.42. The lowest BCUT2D eigenvalue weighted by atomic mass is 9.85. The number of nitrogens with one attached hydrogen (secondary N) is 1. The van der Waals surface area contributed by atoms with E-state index in [0.717, 1.165) is 5.92 Å². The molecule has 1 aliphatic carbocycles. The molecule has 0 amide bonds. The van der Waals surface area contributed by atoms with Crippen molar-refractivity contribution in [3.63, 3.8) is 0 Å². The molecule has 1 saturated carbocycles. The van der Waals surface area contributed by atoms with Crippen LogP contribution in [0.1, 0.15) is 47.5 Å². The average molecular weight is 223 g/mol. The number of aryl methyl sites for hydroxylation is 2. The standard InChI is InChI=1S/C13H21NS/c1-9-7-13(11(3)15-9)10(2)14-8-12-5-4-6-12/h7,10,12,14H,4-6,8H2,1-3H3. The predicted octanol–water partition coefficient (Wildman–Crippen LogP) is 3.82. The third-order valence-corrected chi connectivity index (χ3v) is 4.47. The van der Waals surface area contributed by atoms with Crippen molar-refractivity contribution in [3.8, 4) is 0 Å². The summed E-state index contributed by atoms with van der Waals surface area (Å²) in [6, 6.07) is 2.86. The molecule has 1 unspecified atom stereocenters. The fourth-order valence-electron chi connectivity index (χ4n) is 2.23. The Balaban J connectivity index is 1.88. The Kier molecular flexibility index (Phi) is 3.47. The molecule has 0 radical (unpaired) electrons. The number of hydrogen-bond acceptors (Lipinski definition) is 2. The van der Waals surface area contributed by atoms with Crippen LogP contribution in [-0.4, -0.2) is 6.54 Å². The van der Waals surface area contributed by atoms with E-state index < -0.39 is 0 Å². The van der Waals surface area contributed by atoms with Gasteiger partial charge in [0.25, 0.3) is 0 Å². The van der Waals surface area contributed by atoms with Gasteiger partial charge < -0.3 is 5.32 Å². The molecule has 1 heterocycles. The van der Waals surface area contributed by atoms with Crippen molar-refractivity contribution >= 4 is 11.3 Å². The lowest BCUT2D eigenvalue weighted by Gasteiger charge is -2.27. The summed E-state index contributed by atoms with van der Waals surface area (Å²) in [4.78, 5) is 2.90. The second-order valence-corrected chi connectivity index (χ2v) is 6.26. The molecule has 1 fully saturated rings. The molecule has 0 aliphatic heterocycles. The van der Waals surface area contributed by atoms with E-state index in [9.17, 15) is 0 Å². The first kappa shape index (κ1) is 11.2. The van der Waals surface area contributed by atoms with Gasteiger partial charge in [0.05, 0.1) is 0 Å². The van der Waals surface area contributed by atoms with Crippen molar-refractivity contribution in [1.82, 2.24) is 5.32 Å². The second kappa shape index (κ2) is 4.67. The highest BCUT2D eigenvalue weighted by Gasteiger charge is 2.18. The maximum atomic E-state index is 3.66. The minimum absolute atomic E-state index is 0.524. The van der Waals surface area contributed by atoms with Crippen molar-refractivity contribution in [2.24, 2.45) is 5.92 Å². The zero-order chi connectivity index (χ0) is 10.8. The van der Waals surface area contributed by atoms with Crippen LogP contribution >= 0.6 is 11.3 Å². The third-order valence-electron chi connectivity index (χ3n) is 3.48. The second-order valence-electron chi connectivity index (χ2n) is 4.80. The fraction of sp³-hybridized carbons (Fsp3) is 0.692. The number of thiophene rings is 1. The van der Waals surface area contributed by atoms with E-state index in [0.29, 0.717) is 6.04 Å². The summed E-state index contributed by atoms with van der Waals surface area (Å²) >= 11 is 1.91. The van der Waals surface area contributed by atoms with E-state index in [4.69, 9.17) is 0 Å². The highest BCUT2D eigenvalue weighted by atomic mass is 32.1. The molecule has 84 valence electrons. The highest BCUT2D eigenvalue weighted by molar-refractivity contribution is 7.12. The summed E-state index contributed by atoms with van der Waals surface area (Å²) in [5, 5.41) is 3.66. The zero-order valence-electron chi connectivity index (χ0n) is 9.97. The Labute approximate surface area is 96.9 Å². The Bertz CT molecular complexity index is 325. The first-order chi connectivity index (χ1) is 7.16. The van der Waals surface area contributed by atoms with Crippen LogP contribution in [0.15, 0.2) is 6.07 Å². The van der Waals surface area contributed by atoms with Crippen LogP contribution < -0.4 is 5.32 Å². The van der Waals surface area contributed by atoms with Crippen LogP contribution in [0.5, 0.6) is 0 Å². The van der Waals surface area contributed by atoms with Crippen LogP contribution in [0.4, 0.5) is 0 Å². The SMILES string of the molecule is Cc1cc(C(C)NCC2CCC2)c(C)s1. The molecule has 2 rings (SSSR count). The van der Waals surface area contributed by atoms with Crippen molar-refractivity contribution < 1.29 is 0 Å². The molecule has 1 atom stereocenters. The van der Waals surface area contributed by atoms with Gasteiger partial charge in [-0.3, -0.25) is 0 Å². The van der Waals surface area contributed by atoms with Crippen molar-refractivity contribution in [2.75, 3.05) is 6.54 Å². The van der Waals surface area contributed by atoms with E-state index in [2.05, 4.69) is 32.2 Å². The topological polar surface area (TPSA) is 12.0 Å². The lowest BCUT2D eigenvalue weighted by molar-refractivity contribution is 0.292. The molecule has 1 nitrogen and oxygen atoms in total. The van der Waals surface area contributed by atoms with Crippen molar-refractivity contribution in [1.29, 1.82) is 0 Å². The molecule has 0 aromatic carbocycles. The van der Waals surface area contributed by atoms with Crippen LogP contribution in [0, 0.1) is 19.8 Å². The molecule has 1 aliphatic rings.